The zero-order chi connectivity index (χ0) is 15.0. The van der Waals surface area contributed by atoms with Gasteiger partial charge < -0.3 is 0 Å². The molecule has 0 heterocycles. The minimum absolute atomic E-state index is 1.19. The molecule has 0 saturated heterocycles. The molecule has 3 aliphatic rings. The van der Waals surface area contributed by atoms with Crippen LogP contribution >= 0.6 is 0 Å². The third-order valence-electron chi connectivity index (χ3n) is 5.37. The highest BCUT2D eigenvalue weighted by Crippen LogP contribution is 2.51. The monoisotopic (exact) mass is 280 g/mol. The van der Waals surface area contributed by atoms with E-state index in [0.717, 1.165) is 0 Å². The van der Waals surface area contributed by atoms with E-state index in [4.69, 9.17) is 0 Å². The number of unbranched alkanes of at least 4 members (excludes halogenated alkanes) is 1. The van der Waals surface area contributed by atoms with Gasteiger partial charge in [0.15, 0.2) is 0 Å². The Morgan fingerprint density at radius 1 is 1.05 bits per heavy atom. The zero-order valence-corrected chi connectivity index (χ0v) is 14.1. The number of hydrogen-bond acceptors (Lipinski definition) is 0. The first kappa shape index (κ1) is 14.6. The number of hydrogen-bond donors (Lipinski definition) is 0. The number of allylic oxidation sites excluding steroid dienone is 10. The van der Waals surface area contributed by atoms with Crippen LogP contribution in [-0.2, 0) is 0 Å². The van der Waals surface area contributed by atoms with E-state index in [9.17, 15) is 0 Å². The highest BCUT2D eigenvalue weighted by atomic mass is 14.4. The van der Waals surface area contributed by atoms with Crippen molar-refractivity contribution >= 4 is 0 Å². The summed E-state index contributed by atoms with van der Waals surface area (Å²) in [5, 5.41) is 0. The molecule has 3 rings (SSSR count). The summed E-state index contributed by atoms with van der Waals surface area (Å²) in [6, 6.07) is 0. The summed E-state index contributed by atoms with van der Waals surface area (Å²) < 4.78 is 0. The summed E-state index contributed by atoms with van der Waals surface area (Å²) in [5.74, 6) is 0. The van der Waals surface area contributed by atoms with E-state index in [1.54, 1.807) is 39.0 Å². The SMILES string of the molecule is CCCC=C(C)C1=CC2=C(C1)C1=C(C2)C(C)=C(CCC)C1. The summed E-state index contributed by atoms with van der Waals surface area (Å²) in [4.78, 5) is 0. The van der Waals surface area contributed by atoms with Crippen LogP contribution in [0.15, 0.2) is 56.7 Å². The second kappa shape index (κ2) is 5.83. The molecule has 0 heteroatoms. The van der Waals surface area contributed by atoms with Gasteiger partial charge >= 0.3 is 0 Å². The average molecular weight is 280 g/mol. The van der Waals surface area contributed by atoms with Crippen LogP contribution in [0.3, 0.4) is 0 Å². The summed E-state index contributed by atoms with van der Waals surface area (Å²) in [5.41, 5.74) is 13.1. The lowest BCUT2D eigenvalue weighted by molar-refractivity contribution is 0.867. The molecule has 0 radical (unpaired) electrons. The molecule has 0 unspecified atom stereocenters. The fourth-order valence-electron chi connectivity index (χ4n) is 4.04. The Hall–Kier alpha value is -1.30. The van der Waals surface area contributed by atoms with Crippen molar-refractivity contribution in [1.82, 2.24) is 0 Å². The van der Waals surface area contributed by atoms with Gasteiger partial charge in [0.05, 0.1) is 0 Å². The highest BCUT2D eigenvalue weighted by Gasteiger charge is 2.33. The van der Waals surface area contributed by atoms with E-state index >= 15 is 0 Å². The van der Waals surface area contributed by atoms with Crippen LogP contribution < -0.4 is 0 Å². The summed E-state index contributed by atoms with van der Waals surface area (Å²) in [7, 11) is 0. The molecule has 0 bridgehead atoms. The van der Waals surface area contributed by atoms with Gasteiger partial charge in [0, 0.05) is 0 Å². The van der Waals surface area contributed by atoms with Crippen molar-refractivity contribution in [3.63, 3.8) is 0 Å². The first-order chi connectivity index (χ1) is 10.2. The van der Waals surface area contributed by atoms with Crippen LogP contribution in [0, 0.1) is 0 Å². The fraction of sp³-hybridized carbons (Fsp3) is 0.524. The van der Waals surface area contributed by atoms with Gasteiger partial charge in [0.2, 0.25) is 0 Å². The molecule has 0 aliphatic heterocycles. The first-order valence-electron chi connectivity index (χ1n) is 8.66. The second-order valence-electron chi connectivity index (χ2n) is 6.82. The van der Waals surface area contributed by atoms with Gasteiger partial charge in [-0.2, -0.15) is 0 Å². The maximum atomic E-state index is 2.49. The second-order valence-corrected chi connectivity index (χ2v) is 6.82. The molecular weight excluding hydrogens is 252 g/mol. The van der Waals surface area contributed by atoms with Crippen LogP contribution in [0.25, 0.3) is 0 Å². The van der Waals surface area contributed by atoms with E-state index in [1.165, 1.54) is 50.5 Å². The van der Waals surface area contributed by atoms with Crippen LogP contribution in [0.2, 0.25) is 0 Å². The van der Waals surface area contributed by atoms with Gasteiger partial charge in [0.25, 0.3) is 0 Å². The molecule has 0 aromatic rings. The van der Waals surface area contributed by atoms with Crippen molar-refractivity contribution in [2.45, 2.75) is 72.6 Å². The third-order valence-corrected chi connectivity index (χ3v) is 5.37. The Morgan fingerprint density at radius 2 is 1.86 bits per heavy atom. The molecule has 0 saturated carbocycles. The van der Waals surface area contributed by atoms with Crippen molar-refractivity contribution in [1.29, 1.82) is 0 Å². The Morgan fingerprint density at radius 3 is 2.57 bits per heavy atom. The van der Waals surface area contributed by atoms with Gasteiger partial charge in [0.1, 0.15) is 0 Å². The minimum Gasteiger partial charge on any atom is -0.0813 e. The topological polar surface area (TPSA) is 0 Å². The normalized spacial score (nSPS) is 21.5. The van der Waals surface area contributed by atoms with Crippen molar-refractivity contribution in [2.24, 2.45) is 0 Å². The van der Waals surface area contributed by atoms with E-state index < -0.39 is 0 Å². The molecule has 3 aliphatic carbocycles. The van der Waals surface area contributed by atoms with Gasteiger partial charge in [-0.05, 0) is 79.4 Å². The Bertz CT molecular complexity index is 614. The van der Waals surface area contributed by atoms with E-state index in [-0.39, 0.29) is 0 Å². The van der Waals surface area contributed by atoms with Crippen LogP contribution in [-0.4, -0.2) is 0 Å². The van der Waals surface area contributed by atoms with Gasteiger partial charge in [-0.3, -0.25) is 0 Å². The molecule has 0 N–H and O–H groups in total. The smallest absolute Gasteiger partial charge is 0.00171 e. The van der Waals surface area contributed by atoms with Crippen molar-refractivity contribution in [3.05, 3.63) is 56.7 Å². The van der Waals surface area contributed by atoms with Crippen molar-refractivity contribution in [3.8, 4) is 0 Å². The maximum Gasteiger partial charge on any atom is -0.00171 e. The Balaban J connectivity index is 1.73. The summed E-state index contributed by atoms with van der Waals surface area (Å²) in [6.45, 7) is 9.20. The van der Waals surface area contributed by atoms with Gasteiger partial charge in [-0.15, -0.1) is 0 Å². The quantitative estimate of drug-likeness (QED) is 0.533. The van der Waals surface area contributed by atoms with Crippen LogP contribution in [0.5, 0.6) is 0 Å². The average Bonchev–Trinajstić information content (AvgIpc) is 3.09. The summed E-state index contributed by atoms with van der Waals surface area (Å²) in [6.07, 6.45) is 13.6. The molecule has 0 atom stereocenters. The Kier molecular flexibility index (Phi) is 4.06. The lowest BCUT2D eigenvalue weighted by Gasteiger charge is -2.08. The third kappa shape index (κ3) is 2.50. The van der Waals surface area contributed by atoms with Crippen molar-refractivity contribution in [2.75, 3.05) is 0 Å². The molecular formula is C21H28. The standard InChI is InChI=1S/C21H28/c1-5-7-9-14(3)17-10-18-13-19-15(4)16(8-6-2)11-21(19)20(18)12-17/h9-10H,5-8,11-13H2,1-4H3. The predicted octanol–water partition coefficient (Wildman–Crippen LogP) is 6.58. The molecule has 0 aromatic heterocycles. The number of rotatable bonds is 5. The van der Waals surface area contributed by atoms with E-state index in [1.807, 2.05) is 0 Å². The summed E-state index contributed by atoms with van der Waals surface area (Å²) >= 11 is 0. The molecule has 0 amide bonds. The minimum atomic E-state index is 1.19. The van der Waals surface area contributed by atoms with Gasteiger partial charge in [-0.25, -0.2) is 0 Å². The molecule has 0 nitrogen and oxygen atoms in total. The van der Waals surface area contributed by atoms with E-state index in [2.05, 4.69) is 39.8 Å². The van der Waals surface area contributed by atoms with E-state index in [0.29, 0.717) is 0 Å². The van der Waals surface area contributed by atoms with Crippen molar-refractivity contribution < 1.29 is 0 Å². The molecule has 0 spiro atoms. The first-order valence-corrected chi connectivity index (χ1v) is 8.66. The highest BCUT2D eigenvalue weighted by molar-refractivity contribution is 5.67. The maximum absolute atomic E-state index is 2.49. The largest absolute Gasteiger partial charge is 0.0813 e. The predicted molar refractivity (Wildman–Crippen MR) is 92.3 cm³/mol. The van der Waals surface area contributed by atoms with Gasteiger partial charge in [-0.1, -0.05) is 50.0 Å². The molecule has 0 fully saturated rings. The molecule has 21 heavy (non-hydrogen) atoms. The number of fused-ring (bicyclic) bond motifs is 1. The lowest BCUT2D eigenvalue weighted by atomic mass is 9.96. The van der Waals surface area contributed by atoms with Crippen LogP contribution in [0.1, 0.15) is 72.6 Å². The lowest BCUT2D eigenvalue weighted by Crippen LogP contribution is -1.90. The Labute approximate surface area is 130 Å². The molecule has 112 valence electrons. The zero-order valence-electron chi connectivity index (χ0n) is 14.1. The molecule has 0 aromatic carbocycles. The van der Waals surface area contributed by atoms with Crippen LogP contribution in [0.4, 0.5) is 0 Å². The fourth-order valence-corrected chi connectivity index (χ4v) is 4.04.